The molecule has 15 heavy (non-hydrogen) atoms. The molecule has 1 nitrogen and oxygen atoms in total. The van der Waals surface area contributed by atoms with E-state index < -0.39 is 0 Å². The minimum absolute atomic E-state index is 0.148. The summed E-state index contributed by atoms with van der Waals surface area (Å²) in [5.41, 5.74) is 1.23. The topological polar surface area (TPSA) is 12.0 Å². The van der Waals surface area contributed by atoms with E-state index in [1.54, 1.807) is 12.1 Å². The Labute approximate surface area is 90.7 Å². The van der Waals surface area contributed by atoms with Crippen LogP contribution in [0, 0.1) is 11.7 Å². The van der Waals surface area contributed by atoms with Gasteiger partial charge in [0.05, 0.1) is 0 Å². The summed E-state index contributed by atoms with van der Waals surface area (Å²) < 4.78 is 12.7. The van der Waals surface area contributed by atoms with Gasteiger partial charge in [0.2, 0.25) is 0 Å². The van der Waals surface area contributed by atoms with Crippen LogP contribution in [0.3, 0.4) is 0 Å². The van der Waals surface area contributed by atoms with E-state index in [9.17, 15) is 4.39 Å². The Kier molecular flexibility index (Phi) is 3.37. The zero-order chi connectivity index (χ0) is 10.7. The van der Waals surface area contributed by atoms with Crippen molar-refractivity contribution in [1.29, 1.82) is 0 Å². The van der Waals surface area contributed by atoms with E-state index >= 15 is 0 Å². The predicted octanol–water partition coefficient (Wildman–Crippen LogP) is 2.76. The van der Waals surface area contributed by atoms with Crippen LogP contribution in [0.15, 0.2) is 24.3 Å². The zero-order valence-electron chi connectivity index (χ0n) is 9.17. The molecule has 2 heteroatoms. The van der Waals surface area contributed by atoms with Crippen molar-refractivity contribution in [3.05, 3.63) is 35.6 Å². The second kappa shape index (κ2) is 4.75. The van der Waals surface area contributed by atoms with Crippen molar-refractivity contribution in [2.24, 2.45) is 5.92 Å². The molecule has 1 aromatic carbocycles. The van der Waals surface area contributed by atoms with Crippen molar-refractivity contribution >= 4 is 0 Å². The summed E-state index contributed by atoms with van der Waals surface area (Å²) >= 11 is 0. The average molecular weight is 207 g/mol. The fourth-order valence-electron chi connectivity index (χ4n) is 2.42. The standard InChI is InChI=1S/C13H18FN/c1-2-11-7-8-15-13(11)9-10-3-5-12(14)6-4-10/h3-6,11,13,15H,2,7-9H2,1H3/t11-,13-/m0/s1. The van der Waals surface area contributed by atoms with Crippen molar-refractivity contribution in [3.63, 3.8) is 0 Å². The number of hydrogen-bond donors (Lipinski definition) is 1. The van der Waals surface area contributed by atoms with E-state index in [1.807, 2.05) is 12.1 Å². The Hall–Kier alpha value is -0.890. The lowest BCUT2D eigenvalue weighted by molar-refractivity contribution is 0.432. The first-order valence-electron chi connectivity index (χ1n) is 5.77. The average Bonchev–Trinajstić information content (AvgIpc) is 2.69. The molecule has 82 valence electrons. The van der Waals surface area contributed by atoms with Gasteiger partial charge >= 0.3 is 0 Å². The molecule has 1 fully saturated rings. The summed E-state index contributed by atoms with van der Waals surface area (Å²) in [6, 6.07) is 7.46. The van der Waals surface area contributed by atoms with Crippen LogP contribution in [0.2, 0.25) is 0 Å². The van der Waals surface area contributed by atoms with Crippen LogP contribution in [0.1, 0.15) is 25.3 Å². The van der Waals surface area contributed by atoms with Gasteiger partial charge in [0.1, 0.15) is 5.82 Å². The lowest BCUT2D eigenvalue weighted by Gasteiger charge is -2.17. The predicted molar refractivity (Wildman–Crippen MR) is 60.3 cm³/mol. The highest BCUT2D eigenvalue weighted by molar-refractivity contribution is 5.17. The Morgan fingerprint density at radius 2 is 2.07 bits per heavy atom. The van der Waals surface area contributed by atoms with E-state index in [1.165, 1.54) is 18.4 Å². The van der Waals surface area contributed by atoms with Crippen LogP contribution >= 0.6 is 0 Å². The van der Waals surface area contributed by atoms with Gasteiger partial charge < -0.3 is 5.32 Å². The van der Waals surface area contributed by atoms with Crippen molar-refractivity contribution in [2.45, 2.75) is 32.2 Å². The van der Waals surface area contributed by atoms with Crippen LogP contribution in [0.25, 0.3) is 0 Å². The SMILES string of the molecule is CC[C@H]1CCN[C@H]1Cc1ccc(F)cc1. The van der Waals surface area contributed by atoms with Gasteiger partial charge in [-0.15, -0.1) is 0 Å². The van der Waals surface area contributed by atoms with Crippen LogP contribution in [-0.4, -0.2) is 12.6 Å². The number of hydrogen-bond acceptors (Lipinski definition) is 1. The third-order valence-corrected chi connectivity index (χ3v) is 3.38. The van der Waals surface area contributed by atoms with Crippen LogP contribution in [0.5, 0.6) is 0 Å². The molecule has 0 saturated carbocycles. The largest absolute Gasteiger partial charge is 0.313 e. The zero-order valence-corrected chi connectivity index (χ0v) is 9.17. The van der Waals surface area contributed by atoms with E-state index in [-0.39, 0.29) is 5.82 Å². The van der Waals surface area contributed by atoms with Gasteiger partial charge in [-0.25, -0.2) is 4.39 Å². The number of nitrogens with one attached hydrogen (secondary N) is 1. The highest BCUT2D eigenvalue weighted by atomic mass is 19.1. The molecule has 1 saturated heterocycles. The molecule has 2 rings (SSSR count). The molecule has 1 aliphatic rings. The lowest BCUT2D eigenvalue weighted by atomic mass is 9.93. The van der Waals surface area contributed by atoms with Gasteiger partial charge in [0, 0.05) is 6.04 Å². The van der Waals surface area contributed by atoms with Gasteiger partial charge in [0.15, 0.2) is 0 Å². The van der Waals surface area contributed by atoms with Crippen molar-refractivity contribution < 1.29 is 4.39 Å². The van der Waals surface area contributed by atoms with Gasteiger partial charge in [-0.05, 0) is 43.0 Å². The third-order valence-electron chi connectivity index (χ3n) is 3.38. The first-order valence-corrected chi connectivity index (χ1v) is 5.77. The number of benzene rings is 1. The number of halogens is 1. The second-order valence-electron chi connectivity index (χ2n) is 4.35. The molecular weight excluding hydrogens is 189 g/mol. The molecule has 0 amide bonds. The summed E-state index contributed by atoms with van der Waals surface area (Å²) in [5.74, 6) is 0.639. The first-order chi connectivity index (χ1) is 7.29. The highest BCUT2D eigenvalue weighted by Crippen LogP contribution is 2.22. The van der Waals surface area contributed by atoms with Crippen LogP contribution < -0.4 is 5.32 Å². The van der Waals surface area contributed by atoms with E-state index in [4.69, 9.17) is 0 Å². The fourth-order valence-corrected chi connectivity index (χ4v) is 2.42. The van der Waals surface area contributed by atoms with Gasteiger partial charge in [-0.1, -0.05) is 25.5 Å². The molecule has 0 bridgehead atoms. The van der Waals surface area contributed by atoms with Crippen molar-refractivity contribution in [1.82, 2.24) is 5.32 Å². The fraction of sp³-hybridized carbons (Fsp3) is 0.538. The maximum Gasteiger partial charge on any atom is 0.123 e. The van der Waals surface area contributed by atoms with Gasteiger partial charge in [0.25, 0.3) is 0 Å². The molecule has 2 atom stereocenters. The van der Waals surface area contributed by atoms with Crippen molar-refractivity contribution in [3.8, 4) is 0 Å². The molecule has 0 aliphatic carbocycles. The normalized spacial score (nSPS) is 25.7. The molecule has 0 aromatic heterocycles. The number of rotatable bonds is 3. The van der Waals surface area contributed by atoms with E-state index in [0.717, 1.165) is 18.9 Å². The summed E-state index contributed by atoms with van der Waals surface area (Å²) in [6.07, 6.45) is 3.54. The summed E-state index contributed by atoms with van der Waals surface area (Å²) in [7, 11) is 0. The third kappa shape index (κ3) is 2.57. The minimum Gasteiger partial charge on any atom is -0.313 e. The Bertz CT molecular complexity index is 307. The Morgan fingerprint density at radius 1 is 1.33 bits per heavy atom. The van der Waals surface area contributed by atoms with Crippen LogP contribution in [-0.2, 0) is 6.42 Å². The second-order valence-corrected chi connectivity index (χ2v) is 4.35. The molecule has 0 unspecified atom stereocenters. The van der Waals surface area contributed by atoms with E-state index in [2.05, 4.69) is 12.2 Å². The molecule has 1 aliphatic heterocycles. The first kappa shape index (κ1) is 10.6. The maximum absolute atomic E-state index is 12.7. The molecule has 0 spiro atoms. The quantitative estimate of drug-likeness (QED) is 0.803. The molecule has 1 aromatic rings. The molecule has 1 heterocycles. The summed E-state index contributed by atoms with van der Waals surface area (Å²) in [4.78, 5) is 0. The van der Waals surface area contributed by atoms with Gasteiger partial charge in [-0.2, -0.15) is 0 Å². The highest BCUT2D eigenvalue weighted by Gasteiger charge is 2.24. The van der Waals surface area contributed by atoms with Crippen LogP contribution in [0.4, 0.5) is 4.39 Å². The smallest absolute Gasteiger partial charge is 0.123 e. The molecular formula is C13H18FN. The van der Waals surface area contributed by atoms with E-state index in [0.29, 0.717) is 6.04 Å². The lowest BCUT2D eigenvalue weighted by Crippen LogP contribution is -2.29. The monoisotopic (exact) mass is 207 g/mol. The molecule has 1 N–H and O–H groups in total. The Balaban J connectivity index is 1.99. The minimum atomic E-state index is -0.148. The Morgan fingerprint density at radius 3 is 2.73 bits per heavy atom. The summed E-state index contributed by atoms with van der Waals surface area (Å²) in [6.45, 7) is 3.37. The van der Waals surface area contributed by atoms with Gasteiger partial charge in [-0.3, -0.25) is 0 Å². The van der Waals surface area contributed by atoms with Crippen molar-refractivity contribution in [2.75, 3.05) is 6.54 Å². The maximum atomic E-state index is 12.7. The molecule has 0 radical (unpaired) electrons. The summed E-state index contributed by atoms with van der Waals surface area (Å²) in [5, 5.41) is 3.53.